The molecule has 2 atom stereocenters. The summed E-state index contributed by atoms with van der Waals surface area (Å²) in [6.45, 7) is 1.97. The zero-order valence-corrected chi connectivity index (χ0v) is 21.2. The van der Waals surface area contributed by atoms with Crippen molar-refractivity contribution in [3.05, 3.63) is 95.3 Å². The topological polar surface area (TPSA) is 83.4 Å². The van der Waals surface area contributed by atoms with Gasteiger partial charge in [0.1, 0.15) is 16.8 Å². The molecule has 0 spiro atoms. The van der Waals surface area contributed by atoms with Gasteiger partial charge in [0.25, 0.3) is 5.91 Å². The summed E-state index contributed by atoms with van der Waals surface area (Å²) in [5.41, 5.74) is 4.35. The second-order valence-electron chi connectivity index (χ2n) is 8.85. The van der Waals surface area contributed by atoms with Gasteiger partial charge >= 0.3 is 0 Å². The maximum atomic E-state index is 13.6. The number of anilines is 1. The molecule has 2 amide bonds. The molecule has 0 radical (unpaired) electrons. The largest absolute Gasteiger partial charge is 0.497 e. The lowest BCUT2D eigenvalue weighted by molar-refractivity contribution is -0.121. The third-order valence-electron chi connectivity index (χ3n) is 6.22. The molecule has 0 unspecified atom stereocenters. The quantitative estimate of drug-likeness (QED) is 0.480. The Morgan fingerprint density at radius 3 is 2.46 bits per heavy atom. The summed E-state index contributed by atoms with van der Waals surface area (Å²) in [5, 5.41) is 9.15. The van der Waals surface area contributed by atoms with Gasteiger partial charge < -0.3 is 10.1 Å². The summed E-state index contributed by atoms with van der Waals surface area (Å²) < 4.78 is 18.9. The maximum Gasteiger partial charge on any atom is 0.262 e. The molecule has 0 saturated heterocycles. The minimum absolute atomic E-state index is 0.00547. The molecule has 0 bridgehead atoms. The molecule has 5 rings (SSSR count). The van der Waals surface area contributed by atoms with Crippen molar-refractivity contribution >= 4 is 40.1 Å². The van der Waals surface area contributed by atoms with Crippen molar-refractivity contribution in [1.82, 2.24) is 5.01 Å². The third kappa shape index (κ3) is 5.56. The first-order valence-electron chi connectivity index (χ1n) is 11.8. The molecule has 3 aromatic carbocycles. The minimum atomic E-state index is -0.644. The number of aryl methyl sites for hydroxylation is 1. The molecule has 0 aliphatic carbocycles. The summed E-state index contributed by atoms with van der Waals surface area (Å²) >= 11 is 1.23. The lowest BCUT2D eigenvalue weighted by Crippen LogP contribution is -2.25. The first-order valence-corrected chi connectivity index (χ1v) is 12.7. The number of halogens is 1. The van der Waals surface area contributed by atoms with Crippen molar-refractivity contribution in [3.8, 4) is 5.75 Å². The highest BCUT2D eigenvalue weighted by Crippen LogP contribution is 2.38. The molecule has 3 aromatic rings. The highest BCUT2D eigenvalue weighted by Gasteiger charge is 2.39. The molecule has 2 aliphatic heterocycles. The van der Waals surface area contributed by atoms with Crippen LogP contribution in [0, 0.1) is 12.7 Å². The third-order valence-corrected chi connectivity index (χ3v) is 7.36. The van der Waals surface area contributed by atoms with E-state index in [4.69, 9.17) is 9.84 Å². The first-order chi connectivity index (χ1) is 17.9. The number of ether oxygens (including phenoxy) is 1. The summed E-state index contributed by atoms with van der Waals surface area (Å²) in [4.78, 5) is 29.6. The van der Waals surface area contributed by atoms with E-state index < -0.39 is 5.25 Å². The molecule has 1 N–H and O–H groups in total. The van der Waals surface area contributed by atoms with E-state index in [2.05, 4.69) is 10.3 Å². The monoisotopic (exact) mass is 516 g/mol. The fourth-order valence-electron chi connectivity index (χ4n) is 4.21. The maximum absolute atomic E-state index is 13.6. The van der Waals surface area contributed by atoms with Crippen LogP contribution >= 0.6 is 11.8 Å². The van der Waals surface area contributed by atoms with Crippen LogP contribution in [0.2, 0.25) is 0 Å². The van der Waals surface area contributed by atoms with Gasteiger partial charge in [-0.1, -0.05) is 41.6 Å². The number of thioether (sulfide) groups is 1. The highest BCUT2D eigenvalue weighted by molar-refractivity contribution is 8.15. The van der Waals surface area contributed by atoms with E-state index in [0.717, 1.165) is 28.2 Å². The van der Waals surface area contributed by atoms with Crippen LogP contribution in [0.15, 0.2) is 82.9 Å². The second-order valence-corrected chi connectivity index (χ2v) is 10.0. The Labute approximate surface area is 218 Å². The second kappa shape index (κ2) is 10.6. The van der Waals surface area contributed by atoms with Crippen LogP contribution in [-0.2, 0) is 9.59 Å². The van der Waals surface area contributed by atoms with E-state index in [1.807, 2.05) is 55.5 Å². The average Bonchev–Trinajstić information content (AvgIpc) is 3.50. The van der Waals surface area contributed by atoms with Crippen molar-refractivity contribution in [3.63, 3.8) is 0 Å². The number of nitrogens with zero attached hydrogens (tertiary/aromatic N) is 3. The lowest BCUT2D eigenvalue weighted by Gasteiger charge is -2.23. The number of carbonyl (C=O) groups is 2. The van der Waals surface area contributed by atoms with E-state index in [0.29, 0.717) is 17.3 Å². The molecule has 2 aliphatic rings. The number of hydrogen-bond donors (Lipinski definition) is 1. The van der Waals surface area contributed by atoms with Crippen molar-refractivity contribution in [2.75, 3.05) is 12.4 Å². The molecular formula is C28H25FN4O3S. The van der Waals surface area contributed by atoms with Gasteiger partial charge in [-0.25, -0.2) is 9.40 Å². The van der Waals surface area contributed by atoms with Gasteiger partial charge in [0.15, 0.2) is 5.17 Å². The number of benzene rings is 3. The Balaban J connectivity index is 1.35. The van der Waals surface area contributed by atoms with Crippen LogP contribution in [0.3, 0.4) is 0 Å². The number of nitrogens with one attached hydrogen (secondary N) is 1. The molecule has 7 nitrogen and oxygen atoms in total. The standard InChI is InChI=1S/C28H25FN4O3S/c1-17-3-11-21(12-4-17)30-26(34)16-25-27(35)31-28(37-25)33-24(19-5-9-20(29)10-6-19)15-23(32-33)18-7-13-22(36-2)14-8-18/h3-14,24-25H,15-16H2,1-2H3,(H,30,34)/t24-,25-/m0/s1. The molecule has 0 aromatic heterocycles. The summed E-state index contributed by atoms with van der Waals surface area (Å²) in [7, 11) is 1.61. The average molecular weight is 517 g/mol. The Hall–Kier alpha value is -3.98. The Bertz CT molecular complexity index is 1370. The molecule has 0 saturated carbocycles. The van der Waals surface area contributed by atoms with Crippen molar-refractivity contribution in [1.29, 1.82) is 0 Å². The van der Waals surface area contributed by atoms with Gasteiger partial charge in [-0.2, -0.15) is 10.1 Å². The van der Waals surface area contributed by atoms with Gasteiger partial charge in [0, 0.05) is 18.5 Å². The zero-order chi connectivity index (χ0) is 25.9. The smallest absolute Gasteiger partial charge is 0.262 e. The number of hydrazone groups is 1. The number of amidine groups is 1. The normalized spacial score (nSPS) is 19.0. The van der Waals surface area contributed by atoms with Crippen LogP contribution in [-0.4, -0.2) is 40.1 Å². The van der Waals surface area contributed by atoms with Crippen LogP contribution in [0.4, 0.5) is 10.1 Å². The van der Waals surface area contributed by atoms with E-state index in [9.17, 15) is 14.0 Å². The van der Waals surface area contributed by atoms with E-state index >= 15 is 0 Å². The molecular weight excluding hydrogens is 491 g/mol. The number of rotatable bonds is 6. The van der Waals surface area contributed by atoms with Gasteiger partial charge in [-0.05, 0) is 66.6 Å². The Morgan fingerprint density at radius 2 is 1.78 bits per heavy atom. The van der Waals surface area contributed by atoms with E-state index in [-0.39, 0.29) is 30.1 Å². The van der Waals surface area contributed by atoms with Crippen LogP contribution in [0.25, 0.3) is 0 Å². The number of aliphatic imine (C=N–C) groups is 1. The van der Waals surface area contributed by atoms with Gasteiger partial charge in [-0.15, -0.1) is 0 Å². The minimum Gasteiger partial charge on any atom is -0.497 e. The van der Waals surface area contributed by atoms with Crippen molar-refractivity contribution in [2.45, 2.75) is 31.1 Å². The molecule has 0 fully saturated rings. The molecule has 9 heteroatoms. The zero-order valence-electron chi connectivity index (χ0n) is 20.3. The Kier molecular flexibility index (Phi) is 7.05. The van der Waals surface area contributed by atoms with Crippen molar-refractivity contribution < 1.29 is 18.7 Å². The highest BCUT2D eigenvalue weighted by atomic mass is 32.2. The Morgan fingerprint density at radius 1 is 1.08 bits per heavy atom. The number of hydrogen-bond acceptors (Lipinski definition) is 6. The first kappa shape index (κ1) is 24.7. The van der Waals surface area contributed by atoms with E-state index in [1.54, 1.807) is 24.3 Å². The summed E-state index contributed by atoms with van der Waals surface area (Å²) in [6, 6.07) is 21.0. The van der Waals surface area contributed by atoms with Gasteiger partial charge in [-0.3, -0.25) is 9.59 Å². The summed E-state index contributed by atoms with van der Waals surface area (Å²) in [5.74, 6) is -0.218. The predicted molar refractivity (Wildman–Crippen MR) is 143 cm³/mol. The van der Waals surface area contributed by atoms with E-state index in [1.165, 1.54) is 23.9 Å². The lowest BCUT2D eigenvalue weighted by atomic mass is 9.98. The molecule has 2 heterocycles. The number of methoxy groups -OCH3 is 1. The molecule has 37 heavy (non-hydrogen) atoms. The summed E-state index contributed by atoms with van der Waals surface area (Å²) in [6.07, 6.45) is 0.540. The van der Waals surface area contributed by atoms with Gasteiger partial charge in [0.05, 0.1) is 18.9 Å². The van der Waals surface area contributed by atoms with Gasteiger partial charge in [0.2, 0.25) is 5.91 Å². The SMILES string of the molecule is COc1ccc(C2=NN(C3=NC(=O)[C@H](CC(=O)Nc4ccc(C)cc4)S3)[C@H](c3ccc(F)cc3)C2)cc1. The van der Waals surface area contributed by atoms with Crippen LogP contribution < -0.4 is 10.1 Å². The molecule has 188 valence electrons. The number of carbonyl (C=O) groups excluding carboxylic acids is 2. The number of amides is 2. The van der Waals surface area contributed by atoms with Crippen LogP contribution in [0.5, 0.6) is 5.75 Å². The van der Waals surface area contributed by atoms with Crippen LogP contribution in [0.1, 0.15) is 35.6 Å². The fourth-order valence-corrected chi connectivity index (χ4v) is 5.27. The van der Waals surface area contributed by atoms with Crippen molar-refractivity contribution in [2.24, 2.45) is 10.1 Å². The predicted octanol–water partition coefficient (Wildman–Crippen LogP) is 5.32. The fraction of sp³-hybridized carbons (Fsp3) is 0.214.